The predicted octanol–water partition coefficient (Wildman–Crippen LogP) is 12.2. The van der Waals surface area contributed by atoms with Crippen molar-refractivity contribution < 1.29 is 0 Å². The Kier molecular flexibility index (Phi) is 6.59. The highest BCUT2D eigenvalue weighted by molar-refractivity contribution is 6.25. The lowest BCUT2D eigenvalue weighted by atomic mass is 9.74. The summed E-state index contributed by atoms with van der Waals surface area (Å²) in [4.78, 5) is 0. The van der Waals surface area contributed by atoms with Gasteiger partial charge in [-0.3, -0.25) is 0 Å². The molecule has 0 aromatic heterocycles. The number of hydrogen-bond donors (Lipinski definition) is 0. The van der Waals surface area contributed by atoms with Crippen molar-refractivity contribution in [2.24, 2.45) is 11.3 Å². The topological polar surface area (TPSA) is 0 Å². The first-order valence-corrected chi connectivity index (χ1v) is 15.4. The van der Waals surface area contributed by atoms with Gasteiger partial charge in [-0.2, -0.15) is 0 Å². The Balaban J connectivity index is 1.69. The van der Waals surface area contributed by atoms with Crippen molar-refractivity contribution in [3.63, 3.8) is 0 Å². The van der Waals surface area contributed by atoms with E-state index in [0.29, 0.717) is 5.92 Å². The second kappa shape index (κ2) is 10.4. The van der Waals surface area contributed by atoms with Crippen LogP contribution < -0.4 is 0 Å². The summed E-state index contributed by atoms with van der Waals surface area (Å²) < 4.78 is 0. The molecule has 0 bridgehead atoms. The van der Waals surface area contributed by atoms with Gasteiger partial charge < -0.3 is 0 Å². The number of rotatable bonds is 5. The number of benzene rings is 7. The van der Waals surface area contributed by atoms with Gasteiger partial charge in [-0.05, 0) is 88.7 Å². The quantitative estimate of drug-likeness (QED) is 0.190. The van der Waals surface area contributed by atoms with E-state index in [2.05, 4.69) is 155 Å². The highest BCUT2D eigenvalue weighted by atomic mass is 14.3. The summed E-state index contributed by atoms with van der Waals surface area (Å²) >= 11 is 0. The minimum atomic E-state index is 0.228. The molecule has 0 heteroatoms. The first kappa shape index (κ1) is 26.5. The molecule has 1 unspecified atom stereocenters. The second-order valence-electron chi connectivity index (χ2n) is 12.9. The highest BCUT2D eigenvalue weighted by Gasteiger charge is 2.26. The zero-order valence-electron chi connectivity index (χ0n) is 25.1. The SMILES string of the molecule is CCC(Cc1cccc2c(-c3cccc4ccccc34)c3ccccc3c(-c3cccc4ccccc34)c12)C(C)(C)C. The molecule has 1 atom stereocenters. The molecule has 0 aliphatic rings. The lowest BCUT2D eigenvalue weighted by Crippen LogP contribution is -2.22. The van der Waals surface area contributed by atoms with Crippen LogP contribution in [0.3, 0.4) is 0 Å². The van der Waals surface area contributed by atoms with E-state index >= 15 is 0 Å². The van der Waals surface area contributed by atoms with Gasteiger partial charge in [0.1, 0.15) is 0 Å². The van der Waals surface area contributed by atoms with E-state index in [0.717, 1.165) is 12.8 Å². The van der Waals surface area contributed by atoms with Crippen LogP contribution in [0.1, 0.15) is 39.7 Å². The average Bonchev–Trinajstić information content (AvgIpc) is 3.01. The molecule has 0 nitrogen and oxygen atoms in total. The van der Waals surface area contributed by atoms with Crippen LogP contribution >= 0.6 is 0 Å². The molecule has 0 N–H and O–H groups in total. The first-order chi connectivity index (χ1) is 20.5. The third-order valence-corrected chi connectivity index (χ3v) is 9.44. The van der Waals surface area contributed by atoms with Crippen LogP contribution in [0.5, 0.6) is 0 Å². The largest absolute Gasteiger partial charge is 0.0651 e. The molecule has 0 amide bonds. The summed E-state index contributed by atoms with van der Waals surface area (Å²) in [6, 6.07) is 47.4. The second-order valence-corrected chi connectivity index (χ2v) is 12.9. The summed E-state index contributed by atoms with van der Waals surface area (Å²) in [6.45, 7) is 9.54. The zero-order chi connectivity index (χ0) is 28.8. The van der Waals surface area contributed by atoms with E-state index in [1.54, 1.807) is 0 Å². The van der Waals surface area contributed by atoms with E-state index in [9.17, 15) is 0 Å². The standard InChI is InChI=1S/C42H38/c1-5-31(42(2,3)4)27-30-19-14-26-38-39(30)41(35-25-13-18-29-16-7-9-21-33(29)35)37-23-11-10-22-36(37)40(38)34-24-12-17-28-15-6-8-20-32(28)34/h6-26,31H,5,27H2,1-4H3. The van der Waals surface area contributed by atoms with Crippen LogP contribution in [0.25, 0.3) is 65.3 Å². The Morgan fingerprint density at radius 2 is 0.929 bits per heavy atom. The van der Waals surface area contributed by atoms with Crippen molar-refractivity contribution in [3.8, 4) is 22.3 Å². The average molecular weight is 543 g/mol. The van der Waals surface area contributed by atoms with Gasteiger partial charge in [-0.1, -0.05) is 162 Å². The maximum absolute atomic E-state index is 2.40. The molecule has 42 heavy (non-hydrogen) atoms. The monoisotopic (exact) mass is 542 g/mol. The van der Waals surface area contributed by atoms with Gasteiger partial charge in [0.25, 0.3) is 0 Å². The van der Waals surface area contributed by atoms with Crippen LogP contribution in [-0.4, -0.2) is 0 Å². The van der Waals surface area contributed by atoms with Crippen LogP contribution in [-0.2, 0) is 6.42 Å². The zero-order valence-corrected chi connectivity index (χ0v) is 25.1. The van der Waals surface area contributed by atoms with Crippen molar-refractivity contribution >= 4 is 43.1 Å². The van der Waals surface area contributed by atoms with Gasteiger partial charge in [0.05, 0.1) is 0 Å². The van der Waals surface area contributed by atoms with Gasteiger partial charge in [0.15, 0.2) is 0 Å². The van der Waals surface area contributed by atoms with E-state index in [1.165, 1.54) is 70.9 Å². The Morgan fingerprint density at radius 1 is 0.476 bits per heavy atom. The van der Waals surface area contributed by atoms with Crippen LogP contribution in [0.4, 0.5) is 0 Å². The maximum atomic E-state index is 2.40. The number of fused-ring (bicyclic) bond motifs is 4. The molecule has 7 rings (SSSR count). The molecule has 206 valence electrons. The fraction of sp³-hybridized carbons (Fsp3) is 0.190. The highest BCUT2D eigenvalue weighted by Crippen LogP contribution is 2.48. The lowest BCUT2D eigenvalue weighted by molar-refractivity contribution is 0.232. The van der Waals surface area contributed by atoms with Gasteiger partial charge in [-0.25, -0.2) is 0 Å². The van der Waals surface area contributed by atoms with Crippen molar-refractivity contribution in [2.45, 2.75) is 40.5 Å². The van der Waals surface area contributed by atoms with Crippen LogP contribution in [0.15, 0.2) is 127 Å². The normalized spacial score (nSPS) is 12.9. The summed E-state index contributed by atoms with van der Waals surface area (Å²) in [5.41, 5.74) is 7.00. The third-order valence-electron chi connectivity index (χ3n) is 9.44. The molecule has 0 aliphatic carbocycles. The van der Waals surface area contributed by atoms with E-state index in [4.69, 9.17) is 0 Å². The fourth-order valence-corrected chi connectivity index (χ4v) is 7.26. The molecule has 7 aromatic carbocycles. The summed E-state index contributed by atoms with van der Waals surface area (Å²) in [5, 5.41) is 10.5. The molecule has 0 fully saturated rings. The smallest absolute Gasteiger partial charge is 0.00174 e. The minimum Gasteiger partial charge on any atom is -0.0651 e. The third kappa shape index (κ3) is 4.38. The van der Waals surface area contributed by atoms with Gasteiger partial charge in [-0.15, -0.1) is 0 Å². The molecular weight excluding hydrogens is 504 g/mol. The van der Waals surface area contributed by atoms with E-state index < -0.39 is 0 Å². The van der Waals surface area contributed by atoms with Crippen LogP contribution in [0, 0.1) is 11.3 Å². The Bertz CT molecular complexity index is 2080. The van der Waals surface area contributed by atoms with Crippen molar-refractivity contribution in [3.05, 3.63) is 133 Å². The Hall–Kier alpha value is -4.42. The maximum Gasteiger partial charge on any atom is -0.00174 e. The summed E-state index contributed by atoms with van der Waals surface area (Å²) in [6.07, 6.45) is 2.22. The molecule has 0 spiro atoms. The number of hydrogen-bond acceptors (Lipinski definition) is 0. The lowest BCUT2D eigenvalue weighted by Gasteiger charge is -2.31. The summed E-state index contributed by atoms with van der Waals surface area (Å²) in [5.74, 6) is 0.580. The fourth-order valence-electron chi connectivity index (χ4n) is 7.26. The molecule has 0 heterocycles. The van der Waals surface area contributed by atoms with Gasteiger partial charge in [0, 0.05) is 0 Å². The molecule has 0 saturated carbocycles. The molecule has 0 saturated heterocycles. The van der Waals surface area contributed by atoms with Crippen LogP contribution in [0.2, 0.25) is 0 Å². The minimum absolute atomic E-state index is 0.228. The molecule has 0 aliphatic heterocycles. The van der Waals surface area contributed by atoms with Crippen molar-refractivity contribution in [1.82, 2.24) is 0 Å². The van der Waals surface area contributed by atoms with E-state index in [-0.39, 0.29) is 5.41 Å². The van der Waals surface area contributed by atoms with Gasteiger partial charge >= 0.3 is 0 Å². The Morgan fingerprint density at radius 3 is 1.50 bits per heavy atom. The molecule has 0 radical (unpaired) electrons. The van der Waals surface area contributed by atoms with Crippen molar-refractivity contribution in [1.29, 1.82) is 0 Å². The summed E-state index contributed by atoms with van der Waals surface area (Å²) in [7, 11) is 0. The van der Waals surface area contributed by atoms with Crippen molar-refractivity contribution in [2.75, 3.05) is 0 Å². The Labute approximate surface area is 249 Å². The molecular formula is C42H38. The predicted molar refractivity (Wildman–Crippen MR) is 184 cm³/mol. The van der Waals surface area contributed by atoms with Gasteiger partial charge in [0.2, 0.25) is 0 Å². The molecule has 7 aromatic rings. The first-order valence-electron chi connectivity index (χ1n) is 15.4. The van der Waals surface area contributed by atoms with E-state index in [1.807, 2.05) is 0 Å².